The van der Waals surface area contributed by atoms with Crippen molar-refractivity contribution in [1.29, 1.82) is 5.26 Å². The molecule has 1 N–H and O–H groups in total. The zero-order valence-electron chi connectivity index (χ0n) is 9.33. The van der Waals surface area contributed by atoms with Gasteiger partial charge in [0.25, 0.3) is 5.69 Å². The van der Waals surface area contributed by atoms with Crippen LogP contribution in [0.2, 0.25) is 0 Å². The number of nitro groups is 1. The number of nitrogens with zero attached hydrogens (tertiary/aromatic N) is 2. The number of nitro benzene ring substituents is 1. The second kappa shape index (κ2) is 4.97. The van der Waals surface area contributed by atoms with Gasteiger partial charge in [-0.05, 0) is 18.2 Å². The first-order valence-electron chi connectivity index (χ1n) is 5.22. The minimum Gasteiger partial charge on any atom is -0.349 e. The first-order valence-corrected chi connectivity index (χ1v) is 5.22. The van der Waals surface area contributed by atoms with Crippen LogP contribution in [0.5, 0.6) is 0 Å². The summed E-state index contributed by atoms with van der Waals surface area (Å²) in [5, 5.41) is 22.7. The van der Waals surface area contributed by atoms with Gasteiger partial charge < -0.3 is 5.32 Å². The molecule has 0 saturated heterocycles. The first kappa shape index (κ1) is 11.6. The van der Waals surface area contributed by atoms with Crippen LogP contribution in [-0.2, 0) is 0 Å². The number of para-hydroxylation sites is 3. The summed E-state index contributed by atoms with van der Waals surface area (Å²) in [5.74, 6) is 0. The van der Waals surface area contributed by atoms with Crippen LogP contribution < -0.4 is 5.32 Å². The highest BCUT2D eigenvalue weighted by molar-refractivity contribution is 5.72. The van der Waals surface area contributed by atoms with E-state index >= 15 is 0 Å². The quantitative estimate of drug-likeness (QED) is 0.658. The van der Waals surface area contributed by atoms with E-state index in [9.17, 15) is 10.1 Å². The molecular weight excluding hydrogens is 230 g/mol. The van der Waals surface area contributed by atoms with Crippen molar-refractivity contribution in [1.82, 2.24) is 0 Å². The Balaban J connectivity index is 2.41. The predicted octanol–water partition coefficient (Wildman–Crippen LogP) is 3.21. The van der Waals surface area contributed by atoms with Crippen molar-refractivity contribution >= 4 is 17.1 Å². The molecule has 0 fully saturated rings. The first-order chi connectivity index (χ1) is 8.72. The maximum atomic E-state index is 10.9. The summed E-state index contributed by atoms with van der Waals surface area (Å²) in [5.41, 5.74) is 1.33. The number of nitrogens with one attached hydrogen (secondary N) is 1. The van der Waals surface area contributed by atoms with Gasteiger partial charge in [0.1, 0.15) is 11.8 Å². The number of anilines is 2. The SMILES string of the molecule is N#Cc1ccccc1Nc1ccccc1[N+](=O)[O-]. The van der Waals surface area contributed by atoms with Crippen molar-refractivity contribution in [2.24, 2.45) is 0 Å². The minimum atomic E-state index is -0.461. The van der Waals surface area contributed by atoms with Gasteiger partial charge in [0.05, 0.1) is 16.2 Å². The Bertz CT molecular complexity index is 632. The number of rotatable bonds is 3. The second-order valence-corrected chi connectivity index (χ2v) is 3.56. The predicted molar refractivity (Wildman–Crippen MR) is 67.5 cm³/mol. The molecule has 0 spiro atoms. The Morgan fingerprint density at radius 1 is 1.06 bits per heavy atom. The maximum Gasteiger partial charge on any atom is 0.292 e. The average Bonchev–Trinajstić information content (AvgIpc) is 2.40. The third-order valence-electron chi connectivity index (χ3n) is 2.42. The van der Waals surface area contributed by atoms with Gasteiger partial charge in [-0.2, -0.15) is 5.26 Å². The summed E-state index contributed by atoms with van der Waals surface area (Å²) in [6.07, 6.45) is 0. The Morgan fingerprint density at radius 2 is 1.67 bits per heavy atom. The lowest BCUT2D eigenvalue weighted by molar-refractivity contribution is -0.383. The Labute approximate surface area is 103 Å². The number of hydrogen-bond acceptors (Lipinski definition) is 4. The molecule has 5 nitrogen and oxygen atoms in total. The van der Waals surface area contributed by atoms with Crippen molar-refractivity contribution in [2.75, 3.05) is 5.32 Å². The van der Waals surface area contributed by atoms with Gasteiger partial charge in [-0.3, -0.25) is 10.1 Å². The normalized spacial score (nSPS) is 9.50. The number of nitriles is 1. The van der Waals surface area contributed by atoms with Crippen LogP contribution in [0.15, 0.2) is 48.5 Å². The molecule has 2 aromatic rings. The van der Waals surface area contributed by atoms with Gasteiger partial charge in [0.2, 0.25) is 0 Å². The molecule has 5 heteroatoms. The third kappa shape index (κ3) is 2.28. The lowest BCUT2D eigenvalue weighted by atomic mass is 10.2. The van der Waals surface area contributed by atoms with E-state index in [0.717, 1.165) is 0 Å². The van der Waals surface area contributed by atoms with E-state index in [0.29, 0.717) is 16.9 Å². The van der Waals surface area contributed by atoms with E-state index in [1.54, 1.807) is 42.5 Å². The molecule has 0 bridgehead atoms. The molecule has 0 heterocycles. The van der Waals surface area contributed by atoms with Crippen molar-refractivity contribution in [3.8, 4) is 6.07 Å². The molecule has 0 amide bonds. The molecule has 0 atom stereocenters. The molecule has 0 saturated carbocycles. The highest BCUT2D eigenvalue weighted by atomic mass is 16.6. The standard InChI is InChI=1S/C13H9N3O2/c14-9-10-5-1-2-6-11(10)15-12-7-3-4-8-13(12)16(17)18/h1-8,15H. The lowest BCUT2D eigenvalue weighted by Gasteiger charge is -2.08. The van der Waals surface area contributed by atoms with Gasteiger partial charge in [0, 0.05) is 6.07 Å². The van der Waals surface area contributed by atoms with Crippen molar-refractivity contribution < 1.29 is 4.92 Å². The van der Waals surface area contributed by atoms with Gasteiger partial charge in [-0.15, -0.1) is 0 Å². The lowest BCUT2D eigenvalue weighted by Crippen LogP contribution is -1.98. The van der Waals surface area contributed by atoms with Crippen LogP contribution in [-0.4, -0.2) is 4.92 Å². The highest BCUT2D eigenvalue weighted by Crippen LogP contribution is 2.28. The summed E-state index contributed by atoms with van der Waals surface area (Å²) in [6.45, 7) is 0. The van der Waals surface area contributed by atoms with E-state index in [1.807, 2.05) is 6.07 Å². The minimum absolute atomic E-state index is 0.0229. The zero-order chi connectivity index (χ0) is 13.0. The molecule has 0 aromatic heterocycles. The van der Waals surface area contributed by atoms with Gasteiger partial charge in [-0.25, -0.2) is 0 Å². The van der Waals surface area contributed by atoms with E-state index in [-0.39, 0.29) is 5.69 Å². The Kier molecular flexibility index (Phi) is 3.21. The molecule has 0 aliphatic carbocycles. The molecule has 2 rings (SSSR count). The van der Waals surface area contributed by atoms with Gasteiger partial charge >= 0.3 is 0 Å². The summed E-state index contributed by atoms with van der Waals surface area (Å²) >= 11 is 0. The molecular formula is C13H9N3O2. The fourth-order valence-electron chi connectivity index (χ4n) is 1.57. The van der Waals surface area contributed by atoms with Gasteiger partial charge in [-0.1, -0.05) is 24.3 Å². The van der Waals surface area contributed by atoms with Gasteiger partial charge in [0.15, 0.2) is 0 Å². The van der Waals surface area contributed by atoms with Crippen molar-refractivity contribution in [3.05, 3.63) is 64.2 Å². The fourth-order valence-corrected chi connectivity index (χ4v) is 1.57. The van der Waals surface area contributed by atoms with E-state index in [2.05, 4.69) is 5.32 Å². The summed E-state index contributed by atoms with van der Waals surface area (Å²) < 4.78 is 0. The summed E-state index contributed by atoms with van der Waals surface area (Å²) in [4.78, 5) is 10.4. The average molecular weight is 239 g/mol. The molecule has 0 aliphatic rings. The number of hydrogen-bond donors (Lipinski definition) is 1. The zero-order valence-corrected chi connectivity index (χ0v) is 9.33. The van der Waals surface area contributed by atoms with Crippen LogP contribution in [0.4, 0.5) is 17.1 Å². The maximum absolute atomic E-state index is 10.9. The molecule has 0 unspecified atom stereocenters. The molecule has 2 aromatic carbocycles. The molecule has 18 heavy (non-hydrogen) atoms. The number of benzene rings is 2. The van der Waals surface area contributed by atoms with Crippen molar-refractivity contribution in [2.45, 2.75) is 0 Å². The monoisotopic (exact) mass is 239 g/mol. The highest BCUT2D eigenvalue weighted by Gasteiger charge is 2.13. The van der Waals surface area contributed by atoms with Crippen LogP contribution >= 0.6 is 0 Å². The third-order valence-corrected chi connectivity index (χ3v) is 2.42. The van der Waals surface area contributed by atoms with E-state index in [1.165, 1.54) is 6.07 Å². The smallest absolute Gasteiger partial charge is 0.292 e. The Hall–Kier alpha value is -2.87. The molecule has 0 radical (unpaired) electrons. The Morgan fingerprint density at radius 3 is 2.33 bits per heavy atom. The van der Waals surface area contributed by atoms with E-state index < -0.39 is 4.92 Å². The van der Waals surface area contributed by atoms with Crippen molar-refractivity contribution in [3.63, 3.8) is 0 Å². The van der Waals surface area contributed by atoms with Crippen LogP contribution in [0.1, 0.15) is 5.56 Å². The topological polar surface area (TPSA) is 79.0 Å². The second-order valence-electron chi connectivity index (χ2n) is 3.56. The van der Waals surface area contributed by atoms with Crippen LogP contribution in [0.25, 0.3) is 0 Å². The van der Waals surface area contributed by atoms with Crippen LogP contribution in [0, 0.1) is 21.4 Å². The fraction of sp³-hybridized carbons (Fsp3) is 0. The molecule has 0 aliphatic heterocycles. The van der Waals surface area contributed by atoms with E-state index in [4.69, 9.17) is 5.26 Å². The molecule has 88 valence electrons. The summed E-state index contributed by atoms with van der Waals surface area (Å²) in [6, 6.07) is 15.2. The summed E-state index contributed by atoms with van der Waals surface area (Å²) in [7, 11) is 0. The van der Waals surface area contributed by atoms with Crippen LogP contribution in [0.3, 0.4) is 0 Å². The largest absolute Gasteiger partial charge is 0.349 e.